The van der Waals surface area contributed by atoms with Crippen LogP contribution in [0.15, 0.2) is 53.8 Å². The second-order valence-corrected chi connectivity index (χ2v) is 17.9. The van der Waals surface area contributed by atoms with Gasteiger partial charge in [-0.3, -0.25) is 14.6 Å². The predicted octanol–water partition coefficient (Wildman–Crippen LogP) is 7.29. The summed E-state index contributed by atoms with van der Waals surface area (Å²) in [5, 5.41) is 5.38. The van der Waals surface area contributed by atoms with Crippen LogP contribution in [-0.4, -0.2) is 107 Å². The minimum absolute atomic E-state index is 0.0493. The lowest BCUT2D eigenvalue weighted by Gasteiger charge is -2.31. The topological polar surface area (TPSA) is 158 Å². The van der Waals surface area contributed by atoms with Crippen LogP contribution in [0.4, 0.5) is 18.4 Å². The molecule has 3 aromatic rings. The Kier molecular flexibility index (Phi) is 11.3. The van der Waals surface area contributed by atoms with Gasteiger partial charge in [0.1, 0.15) is 17.9 Å². The van der Waals surface area contributed by atoms with Gasteiger partial charge in [0.05, 0.1) is 38.2 Å². The van der Waals surface area contributed by atoms with Gasteiger partial charge in [0, 0.05) is 48.1 Å². The molecule has 4 amide bonds. The van der Waals surface area contributed by atoms with E-state index in [9.17, 15) is 19.2 Å². The fourth-order valence-corrected chi connectivity index (χ4v) is 9.75. The van der Waals surface area contributed by atoms with Gasteiger partial charge in [0.25, 0.3) is 5.92 Å². The number of amides is 4. The predicted molar refractivity (Wildman–Crippen MR) is 224 cm³/mol. The number of aliphatic imine (C=N–C) groups is 1. The molecule has 2 aliphatic carbocycles. The van der Waals surface area contributed by atoms with Crippen molar-refractivity contribution in [3.63, 3.8) is 0 Å². The van der Waals surface area contributed by atoms with Gasteiger partial charge >= 0.3 is 12.2 Å². The van der Waals surface area contributed by atoms with Crippen LogP contribution in [0.2, 0.25) is 0 Å². The first-order valence-corrected chi connectivity index (χ1v) is 21.9. The van der Waals surface area contributed by atoms with Gasteiger partial charge in [0.2, 0.25) is 11.8 Å². The quantitative estimate of drug-likeness (QED) is 0.172. The fraction of sp³-hybridized carbons (Fsp3) is 0.500. The average Bonchev–Trinajstić information content (AvgIpc) is 3.84. The van der Waals surface area contributed by atoms with E-state index in [2.05, 4.69) is 20.6 Å². The molecule has 318 valence electrons. The number of imidazole rings is 1. The van der Waals surface area contributed by atoms with Crippen molar-refractivity contribution in [1.82, 2.24) is 30.4 Å². The van der Waals surface area contributed by atoms with Gasteiger partial charge in [-0.15, -0.1) is 0 Å². The smallest absolute Gasteiger partial charge is 0.407 e. The number of nitrogens with zero attached hydrogens (tertiary/aromatic N) is 4. The molecule has 8 rings (SSSR count). The van der Waals surface area contributed by atoms with Crippen molar-refractivity contribution in [2.45, 2.75) is 88.9 Å². The number of H-pyrrole nitrogens is 1. The zero-order valence-corrected chi connectivity index (χ0v) is 35.3. The SMILES string of the molecule is COC(=O)NC(CCSC)C(=O)N1CCC[C@H]1c1ncc(-c2ccc3c(c2)C(F)(F)c2cc(C4=CN=C([C@@H]5CC6(CC6)CN5C(=O)[C@@H](NC(=O)OC)C(C)C)C4)ccc2-3)[nH]1. The Bertz CT molecular complexity index is 2270. The summed E-state index contributed by atoms with van der Waals surface area (Å²) in [5.41, 5.74) is 4.17. The number of allylic oxidation sites excluding steroid dienone is 1. The molecule has 3 aliphatic heterocycles. The van der Waals surface area contributed by atoms with E-state index in [1.54, 1.807) is 53.3 Å². The molecule has 2 saturated heterocycles. The van der Waals surface area contributed by atoms with E-state index in [1.165, 1.54) is 20.3 Å². The van der Waals surface area contributed by atoms with Crippen LogP contribution < -0.4 is 10.6 Å². The first-order chi connectivity index (χ1) is 28.8. The molecule has 1 unspecified atom stereocenters. The lowest BCUT2D eigenvalue weighted by atomic mass is 9.93. The third-order valence-electron chi connectivity index (χ3n) is 12.8. The molecule has 3 fully saturated rings. The normalized spacial score (nSPS) is 21.6. The fourth-order valence-electron chi connectivity index (χ4n) is 9.28. The van der Waals surface area contributed by atoms with E-state index >= 15 is 8.78 Å². The van der Waals surface area contributed by atoms with Crippen LogP contribution >= 0.6 is 11.8 Å². The molecule has 16 heteroatoms. The van der Waals surface area contributed by atoms with Crippen molar-refractivity contribution in [2.24, 2.45) is 16.3 Å². The third kappa shape index (κ3) is 7.67. The van der Waals surface area contributed by atoms with Crippen molar-refractivity contribution >= 4 is 47.0 Å². The van der Waals surface area contributed by atoms with E-state index in [0.29, 0.717) is 71.9 Å². The van der Waals surface area contributed by atoms with Crippen molar-refractivity contribution < 1.29 is 37.4 Å². The molecule has 1 aromatic heterocycles. The number of methoxy groups -OCH3 is 2. The number of halogens is 2. The second-order valence-electron chi connectivity index (χ2n) is 16.9. The zero-order valence-electron chi connectivity index (χ0n) is 34.5. The summed E-state index contributed by atoms with van der Waals surface area (Å²) in [6.07, 6.45) is 9.08. The summed E-state index contributed by atoms with van der Waals surface area (Å²) < 4.78 is 42.6. The minimum Gasteiger partial charge on any atom is -0.453 e. The summed E-state index contributed by atoms with van der Waals surface area (Å²) in [5.74, 6) is -2.60. The maximum atomic E-state index is 16.5. The summed E-state index contributed by atoms with van der Waals surface area (Å²) in [7, 11) is 2.53. The summed E-state index contributed by atoms with van der Waals surface area (Å²) in [6, 6.07) is 8.11. The third-order valence-corrected chi connectivity index (χ3v) is 13.4. The highest BCUT2D eigenvalue weighted by Gasteiger charge is 2.55. The molecular formula is C44H51F2N7O6S. The van der Waals surface area contributed by atoms with E-state index in [-0.39, 0.29) is 46.4 Å². The molecule has 60 heavy (non-hydrogen) atoms. The standard InChI is InChI=1S/C44H51F2N7O6S/c1-24(2)37(51-42(57)59-4)40(55)53-23-43(13-14-43)20-36(53)33-19-27(21-47-33)25-8-10-28-29-11-9-26(18-31(29)44(45,46)30(28)17-25)34-22-48-38(49-34)35-7-6-15-52(35)39(54)32(12-16-60-5)50-41(56)58-3/h8-11,17-18,21-22,24,32,35-37H,6-7,12-16,19-20,23H2,1-5H3,(H,48,49)(H,50,56)(H,51,57)/t32?,35-,36-,37-/m0/s1. The monoisotopic (exact) mass is 843 g/mol. The van der Waals surface area contributed by atoms with E-state index in [1.807, 2.05) is 31.1 Å². The maximum absolute atomic E-state index is 16.5. The summed E-state index contributed by atoms with van der Waals surface area (Å²) in [6.45, 7) is 4.86. The number of alkyl halides is 2. The second kappa shape index (κ2) is 16.3. The molecule has 1 spiro atoms. The number of hydrogen-bond donors (Lipinski definition) is 3. The molecule has 13 nitrogen and oxygen atoms in total. The molecular weight excluding hydrogens is 793 g/mol. The average molecular weight is 844 g/mol. The summed E-state index contributed by atoms with van der Waals surface area (Å²) >= 11 is 1.58. The highest BCUT2D eigenvalue weighted by Crippen LogP contribution is 2.56. The number of likely N-dealkylation sites (tertiary alicyclic amines) is 2. The molecule has 0 bridgehead atoms. The molecule has 2 aromatic carbocycles. The number of ether oxygens (including phenoxy) is 2. The molecule has 3 N–H and O–H groups in total. The van der Waals surface area contributed by atoms with Crippen LogP contribution in [0.3, 0.4) is 0 Å². The van der Waals surface area contributed by atoms with Gasteiger partial charge in [0.15, 0.2) is 0 Å². The van der Waals surface area contributed by atoms with Crippen LogP contribution in [0, 0.1) is 11.3 Å². The van der Waals surface area contributed by atoms with Gasteiger partial charge in [-0.2, -0.15) is 20.5 Å². The zero-order chi connectivity index (χ0) is 42.5. The lowest BCUT2D eigenvalue weighted by Crippen LogP contribution is -2.53. The Labute approximate surface area is 352 Å². The number of carbonyl (C=O) groups is 4. The Balaban J connectivity index is 0.976. The van der Waals surface area contributed by atoms with Crippen LogP contribution in [0.1, 0.15) is 87.3 Å². The van der Waals surface area contributed by atoms with Gasteiger partial charge in [-0.1, -0.05) is 38.1 Å². The number of benzene rings is 2. The van der Waals surface area contributed by atoms with Crippen LogP contribution in [-0.2, 0) is 25.0 Å². The van der Waals surface area contributed by atoms with Crippen molar-refractivity contribution in [3.8, 4) is 22.4 Å². The lowest BCUT2D eigenvalue weighted by molar-refractivity contribution is -0.135. The van der Waals surface area contributed by atoms with Gasteiger partial charge in [-0.25, -0.2) is 14.6 Å². The van der Waals surface area contributed by atoms with Gasteiger partial charge < -0.3 is 34.9 Å². The Morgan fingerprint density at radius 1 is 0.950 bits per heavy atom. The maximum Gasteiger partial charge on any atom is 0.407 e. The van der Waals surface area contributed by atoms with E-state index in [0.717, 1.165) is 37.0 Å². The number of nitrogens with one attached hydrogen (secondary N) is 3. The molecule has 0 radical (unpaired) electrons. The Morgan fingerprint density at radius 3 is 2.30 bits per heavy atom. The Morgan fingerprint density at radius 2 is 1.63 bits per heavy atom. The highest BCUT2D eigenvalue weighted by molar-refractivity contribution is 7.98. The number of hydrogen-bond acceptors (Lipinski definition) is 9. The minimum atomic E-state index is -3.28. The number of aromatic amines is 1. The van der Waals surface area contributed by atoms with Crippen molar-refractivity contribution in [1.29, 1.82) is 0 Å². The van der Waals surface area contributed by atoms with E-state index < -0.39 is 30.2 Å². The number of carbonyl (C=O) groups excluding carboxylic acids is 4. The van der Waals surface area contributed by atoms with Crippen LogP contribution in [0.5, 0.6) is 0 Å². The number of thioether (sulfide) groups is 1. The van der Waals surface area contributed by atoms with Gasteiger partial charge in [-0.05, 0) is 96.3 Å². The van der Waals surface area contributed by atoms with Crippen molar-refractivity contribution in [3.05, 3.63) is 71.3 Å². The molecule has 4 atom stereocenters. The first kappa shape index (κ1) is 41.5. The largest absolute Gasteiger partial charge is 0.453 e. The number of alkyl carbamates (subject to hydrolysis) is 2. The van der Waals surface area contributed by atoms with Crippen LogP contribution in [0.25, 0.3) is 28.0 Å². The number of rotatable bonds is 12. The number of aromatic nitrogens is 2. The highest BCUT2D eigenvalue weighted by atomic mass is 32.2. The molecule has 5 aliphatic rings. The van der Waals surface area contributed by atoms with Crippen molar-refractivity contribution in [2.75, 3.05) is 39.3 Å². The molecule has 1 saturated carbocycles. The van der Waals surface area contributed by atoms with E-state index in [4.69, 9.17) is 14.5 Å². The number of fused-ring (bicyclic) bond motifs is 3. The first-order valence-electron chi connectivity index (χ1n) is 20.5. The summed E-state index contributed by atoms with van der Waals surface area (Å²) in [4.78, 5) is 68.1. The Hall–Kier alpha value is -5.25. The molecule has 4 heterocycles.